The van der Waals surface area contributed by atoms with Crippen molar-refractivity contribution in [1.82, 2.24) is 10.2 Å². The lowest BCUT2D eigenvalue weighted by atomic mass is 9.97. The Morgan fingerprint density at radius 3 is 2.67 bits per heavy atom. The second-order valence-electron chi connectivity index (χ2n) is 7.59. The summed E-state index contributed by atoms with van der Waals surface area (Å²) in [6.07, 6.45) is 2.33. The zero-order valence-electron chi connectivity index (χ0n) is 16.1. The number of hydrogen-bond donors (Lipinski definition) is 1. The van der Waals surface area contributed by atoms with Crippen molar-refractivity contribution in [2.24, 2.45) is 5.92 Å². The molecule has 1 aromatic heterocycles. The van der Waals surface area contributed by atoms with Gasteiger partial charge in [-0.1, -0.05) is 44.2 Å². The molecule has 1 aliphatic rings. The number of fused-ring (bicyclic) bond motifs is 1. The number of carbonyl (C=O) groups excluding carboxylic acids is 2. The van der Waals surface area contributed by atoms with Gasteiger partial charge in [-0.3, -0.25) is 9.59 Å². The molecule has 0 bridgehead atoms. The third-order valence-corrected chi connectivity index (χ3v) is 5.99. The Morgan fingerprint density at radius 2 is 1.93 bits per heavy atom. The minimum absolute atomic E-state index is 0.00264. The van der Waals surface area contributed by atoms with Crippen molar-refractivity contribution in [2.45, 2.75) is 52.1 Å². The van der Waals surface area contributed by atoms with Gasteiger partial charge < -0.3 is 10.2 Å². The van der Waals surface area contributed by atoms with Crippen LogP contribution in [0.5, 0.6) is 0 Å². The zero-order chi connectivity index (χ0) is 19.2. The molecule has 1 N–H and O–H groups in total. The van der Waals surface area contributed by atoms with E-state index in [1.54, 1.807) is 11.3 Å². The van der Waals surface area contributed by atoms with Crippen LogP contribution in [0.1, 0.15) is 55.2 Å². The average Bonchev–Trinajstić information content (AvgIpc) is 3.13. The Balaban J connectivity index is 1.51. The van der Waals surface area contributed by atoms with E-state index in [4.69, 9.17) is 0 Å². The quantitative estimate of drug-likeness (QED) is 0.773. The Labute approximate surface area is 165 Å². The Kier molecular flexibility index (Phi) is 6.67. The van der Waals surface area contributed by atoms with Gasteiger partial charge in [0.1, 0.15) is 0 Å². The Hall–Kier alpha value is -2.14. The van der Waals surface area contributed by atoms with Gasteiger partial charge in [0, 0.05) is 30.8 Å². The third kappa shape index (κ3) is 5.42. The van der Waals surface area contributed by atoms with Crippen LogP contribution in [-0.2, 0) is 22.6 Å². The fraction of sp³-hybridized carbons (Fsp3) is 0.455. The number of thiophene rings is 1. The Bertz CT molecular complexity index is 770. The first kappa shape index (κ1) is 19.6. The SMILES string of the molecule is CC(C)CC(NC(=O)CCC(=O)N1CCc2sccc2C1)c1ccccc1. The van der Waals surface area contributed by atoms with Gasteiger partial charge in [0.2, 0.25) is 11.8 Å². The maximum atomic E-state index is 12.5. The zero-order valence-corrected chi connectivity index (χ0v) is 16.9. The summed E-state index contributed by atoms with van der Waals surface area (Å²) in [4.78, 5) is 28.3. The first-order valence-corrected chi connectivity index (χ1v) is 10.6. The maximum absolute atomic E-state index is 12.5. The topological polar surface area (TPSA) is 49.4 Å². The summed E-state index contributed by atoms with van der Waals surface area (Å²) in [5.74, 6) is 0.499. The van der Waals surface area contributed by atoms with Crippen molar-refractivity contribution in [3.8, 4) is 0 Å². The molecule has 27 heavy (non-hydrogen) atoms. The molecule has 0 fully saturated rings. The smallest absolute Gasteiger partial charge is 0.223 e. The summed E-state index contributed by atoms with van der Waals surface area (Å²) in [7, 11) is 0. The summed E-state index contributed by atoms with van der Waals surface area (Å²) in [6.45, 7) is 5.74. The van der Waals surface area contributed by atoms with E-state index < -0.39 is 0 Å². The molecule has 0 saturated heterocycles. The molecule has 0 saturated carbocycles. The van der Waals surface area contributed by atoms with Crippen LogP contribution in [0.3, 0.4) is 0 Å². The van der Waals surface area contributed by atoms with Crippen molar-refractivity contribution in [1.29, 1.82) is 0 Å². The highest BCUT2D eigenvalue weighted by Crippen LogP contribution is 2.25. The van der Waals surface area contributed by atoms with Crippen LogP contribution in [0.2, 0.25) is 0 Å². The van der Waals surface area contributed by atoms with E-state index in [0.717, 1.165) is 24.9 Å². The molecular formula is C22H28N2O2S. The summed E-state index contributed by atoms with van der Waals surface area (Å²) in [6, 6.07) is 12.2. The largest absolute Gasteiger partial charge is 0.349 e. The molecule has 5 heteroatoms. The van der Waals surface area contributed by atoms with E-state index in [0.29, 0.717) is 12.5 Å². The number of benzene rings is 1. The first-order valence-electron chi connectivity index (χ1n) is 9.70. The van der Waals surface area contributed by atoms with Crippen molar-refractivity contribution >= 4 is 23.2 Å². The molecule has 3 rings (SSSR count). The molecule has 0 radical (unpaired) electrons. The normalized spacial score (nSPS) is 14.7. The van der Waals surface area contributed by atoms with E-state index >= 15 is 0 Å². The summed E-state index contributed by atoms with van der Waals surface area (Å²) in [5.41, 5.74) is 2.37. The number of nitrogens with zero attached hydrogens (tertiary/aromatic N) is 1. The average molecular weight is 385 g/mol. The van der Waals surface area contributed by atoms with E-state index in [-0.39, 0.29) is 30.7 Å². The minimum Gasteiger partial charge on any atom is -0.349 e. The highest BCUT2D eigenvalue weighted by molar-refractivity contribution is 7.10. The minimum atomic E-state index is -0.0499. The Morgan fingerprint density at radius 1 is 1.15 bits per heavy atom. The van der Waals surface area contributed by atoms with Crippen LogP contribution in [0.25, 0.3) is 0 Å². The highest BCUT2D eigenvalue weighted by atomic mass is 32.1. The molecule has 144 valence electrons. The molecular weight excluding hydrogens is 356 g/mol. The molecule has 1 aromatic carbocycles. The maximum Gasteiger partial charge on any atom is 0.223 e. The van der Waals surface area contributed by atoms with Crippen LogP contribution in [0.15, 0.2) is 41.8 Å². The van der Waals surface area contributed by atoms with Crippen LogP contribution < -0.4 is 5.32 Å². The summed E-state index contributed by atoms with van der Waals surface area (Å²) >= 11 is 1.76. The fourth-order valence-corrected chi connectivity index (χ4v) is 4.43. The lowest BCUT2D eigenvalue weighted by molar-refractivity contribution is -0.134. The van der Waals surface area contributed by atoms with Gasteiger partial charge in [0.15, 0.2) is 0 Å². The predicted molar refractivity (Wildman–Crippen MR) is 109 cm³/mol. The van der Waals surface area contributed by atoms with E-state index in [9.17, 15) is 9.59 Å². The van der Waals surface area contributed by atoms with Crippen molar-refractivity contribution in [2.75, 3.05) is 6.54 Å². The monoisotopic (exact) mass is 384 g/mol. The fourth-order valence-electron chi connectivity index (χ4n) is 3.54. The molecule has 1 atom stereocenters. The van der Waals surface area contributed by atoms with Gasteiger partial charge in [-0.05, 0) is 41.3 Å². The van der Waals surface area contributed by atoms with E-state index in [1.807, 2.05) is 35.2 Å². The van der Waals surface area contributed by atoms with Crippen LogP contribution in [0, 0.1) is 5.92 Å². The van der Waals surface area contributed by atoms with Crippen LogP contribution in [0.4, 0.5) is 0 Å². The van der Waals surface area contributed by atoms with Crippen molar-refractivity contribution in [3.63, 3.8) is 0 Å². The van der Waals surface area contributed by atoms with E-state index in [1.165, 1.54) is 10.4 Å². The second kappa shape index (κ2) is 9.18. The number of rotatable bonds is 7. The molecule has 1 unspecified atom stereocenters. The number of nitrogens with one attached hydrogen (secondary N) is 1. The van der Waals surface area contributed by atoms with Crippen molar-refractivity contribution in [3.05, 3.63) is 57.8 Å². The summed E-state index contributed by atoms with van der Waals surface area (Å²) < 4.78 is 0. The molecule has 4 nitrogen and oxygen atoms in total. The van der Waals surface area contributed by atoms with Gasteiger partial charge in [0.25, 0.3) is 0 Å². The second-order valence-corrected chi connectivity index (χ2v) is 8.60. The number of amides is 2. The van der Waals surface area contributed by atoms with Gasteiger partial charge in [-0.25, -0.2) is 0 Å². The highest BCUT2D eigenvalue weighted by Gasteiger charge is 2.22. The lowest BCUT2D eigenvalue weighted by Gasteiger charge is -2.27. The third-order valence-electron chi connectivity index (χ3n) is 4.97. The number of carbonyl (C=O) groups is 2. The standard InChI is InChI=1S/C22H28N2O2S/c1-16(2)14-19(17-6-4-3-5-7-17)23-21(25)8-9-22(26)24-12-10-20-18(15-24)11-13-27-20/h3-7,11,13,16,19H,8-10,12,14-15H2,1-2H3,(H,23,25). The summed E-state index contributed by atoms with van der Waals surface area (Å²) in [5, 5.41) is 5.21. The molecule has 2 amide bonds. The van der Waals surface area contributed by atoms with Gasteiger partial charge in [-0.15, -0.1) is 11.3 Å². The molecule has 2 aromatic rings. The van der Waals surface area contributed by atoms with Crippen LogP contribution in [-0.4, -0.2) is 23.3 Å². The van der Waals surface area contributed by atoms with Crippen molar-refractivity contribution < 1.29 is 9.59 Å². The van der Waals surface area contributed by atoms with E-state index in [2.05, 4.69) is 30.6 Å². The molecule has 1 aliphatic heterocycles. The number of hydrogen-bond acceptors (Lipinski definition) is 3. The molecule has 2 heterocycles. The van der Waals surface area contributed by atoms with Gasteiger partial charge in [-0.2, -0.15) is 0 Å². The lowest BCUT2D eigenvalue weighted by Crippen LogP contribution is -2.36. The molecule has 0 aliphatic carbocycles. The van der Waals surface area contributed by atoms with Gasteiger partial charge >= 0.3 is 0 Å². The van der Waals surface area contributed by atoms with Crippen LogP contribution >= 0.6 is 11.3 Å². The predicted octanol–water partition coefficient (Wildman–Crippen LogP) is 4.32. The molecule has 0 spiro atoms. The first-order chi connectivity index (χ1) is 13.0. The van der Waals surface area contributed by atoms with Gasteiger partial charge in [0.05, 0.1) is 6.04 Å².